The molecule has 29 heavy (non-hydrogen) atoms. The average molecular weight is 399 g/mol. The predicted molar refractivity (Wildman–Crippen MR) is 112 cm³/mol. The van der Waals surface area contributed by atoms with Crippen LogP contribution < -0.4 is 5.32 Å². The van der Waals surface area contributed by atoms with Crippen molar-refractivity contribution in [1.82, 2.24) is 14.7 Å². The van der Waals surface area contributed by atoms with E-state index in [1.807, 2.05) is 69.6 Å². The van der Waals surface area contributed by atoms with Crippen LogP contribution in [0.15, 0.2) is 30.3 Å². The number of piperidine rings is 1. The fourth-order valence-corrected chi connectivity index (χ4v) is 3.53. The molecule has 1 aliphatic heterocycles. The van der Waals surface area contributed by atoms with E-state index in [2.05, 4.69) is 10.4 Å². The molecule has 1 aromatic carbocycles. The van der Waals surface area contributed by atoms with Gasteiger partial charge in [0.1, 0.15) is 5.60 Å². The lowest BCUT2D eigenvalue weighted by Gasteiger charge is -2.33. The molecule has 156 valence electrons. The Labute approximate surface area is 172 Å². The summed E-state index contributed by atoms with van der Waals surface area (Å²) >= 11 is 0. The molecule has 0 aliphatic carbocycles. The zero-order valence-corrected chi connectivity index (χ0v) is 17.9. The zero-order chi connectivity index (χ0) is 21.2. The molecule has 0 radical (unpaired) electrons. The van der Waals surface area contributed by atoms with Gasteiger partial charge in [0.05, 0.1) is 17.3 Å². The van der Waals surface area contributed by atoms with Crippen molar-refractivity contribution in [3.8, 4) is 5.69 Å². The number of benzene rings is 1. The largest absolute Gasteiger partial charge is 0.444 e. The lowest BCUT2D eigenvalue weighted by molar-refractivity contribution is -0.121. The van der Waals surface area contributed by atoms with Crippen LogP contribution in [0.1, 0.15) is 45.0 Å². The number of nitrogens with zero attached hydrogens (tertiary/aromatic N) is 3. The number of ether oxygens (including phenoxy) is 1. The van der Waals surface area contributed by atoms with E-state index in [4.69, 9.17) is 4.74 Å². The lowest BCUT2D eigenvalue weighted by atomic mass is 9.97. The van der Waals surface area contributed by atoms with E-state index in [0.29, 0.717) is 13.1 Å². The van der Waals surface area contributed by atoms with Crippen LogP contribution in [0.4, 0.5) is 10.5 Å². The van der Waals surface area contributed by atoms with Crippen molar-refractivity contribution in [2.75, 3.05) is 18.4 Å². The number of carbonyl (C=O) groups is 2. The van der Waals surface area contributed by atoms with Gasteiger partial charge >= 0.3 is 6.09 Å². The smallest absolute Gasteiger partial charge is 0.410 e. The van der Waals surface area contributed by atoms with E-state index in [1.165, 1.54) is 0 Å². The summed E-state index contributed by atoms with van der Waals surface area (Å²) in [6.45, 7) is 10.5. The molecule has 0 saturated carbocycles. The van der Waals surface area contributed by atoms with Crippen LogP contribution in [-0.4, -0.2) is 45.4 Å². The highest BCUT2D eigenvalue weighted by atomic mass is 16.6. The number of anilines is 1. The fourth-order valence-electron chi connectivity index (χ4n) is 3.53. The maximum atomic E-state index is 12.8. The number of aryl methyl sites for hydroxylation is 2. The van der Waals surface area contributed by atoms with Gasteiger partial charge in [0.25, 0.3) is 0 Å². The van der Waals surface area contributed by atoms with E-state index in [0.717, 1.165) is 35.6 Å². The first kappa shape index (κ1) is 20.9. The zero-order valence-electron chi connectivity index (χ0n) is 17.9. The van der Waals surface area contributed by atoms with E-state index in [-0.39, 0.29) is 17.9 Å². The van der Waals surface area contributed by atoms with Crippen LogP contribution in [0.25, 0.3) is 5.69 Å². The highest BCUT2D eigenvalue weighted by Gasteiger charge is 2.31. The molecular weight excluding hydrogens is 368 g/mol. The SMILES string of the molecule is Cc1cc(C)n(-c2cccc(NC(=O)[C@@H]3CCCN(C(=O)OC(C)(C)C)C3)c2)n1. The minimum atomic E-state index is -0.546. The second-order valence-corrected chi connectivity index (χ2v) is 8.64. The molecule has 3 rings (SSSR count). The quantitative estimate of drug-likeness (QED) is 0.845. The Kier molecular flexibility index (Phi) is 5.96. The van der Waals surface area contributed by atoms with E-state index < -0.39 is 5.60 Å². The normalized spacial score (nSPS) is 17.1. The Morgan fingerprint density at radius 2 is 1.97 bits per heavy atom. The van der Waals surface area contributed by atoms with E-state index in [9.17, 15) is 9.59 Å². The monoisotopic (exact) mass is 398 g/mol. The van der Waals surface area contributed by atoms with Crippen LogP contribution in [0, 0.1) is 19.8 Å². The third kappa shape index (κ3) is 5.37. The Bertz CT molecular complexity index is 898. The number of carbonyl (C=O) groups excluding carboxylic acids is 2. The Balaban J connectivity index is 1.66. The van der Waals surface area contributed by atoms with Gasteiger partial charge < -0.3 is 15.0 Å². The van der Waals surface area contributed by atoms with Crippen molar-refractivity contribution in [3.63, 3.8) is 0 Å². The number of likely N-dealkylation sites (tertiary alicyclic amines) is 1. The summed E-state index contributed by atoms with van der Waals surface area (Å²) in [7, 11) is 0. The van der Waals surface area contributed by atoms with Crippen molar-refractivity contribution in [3.05, 3.63) is 41.7 Å². The molecule has 2 heterocycles. The fraction of sp³-hybridized carbons (Fsp3) is 0.500. The van der Waals surface area contributed by atoms with Gasteiger partial charge in [0, 0.05) is 24.5 Å². The number of hydrogen-bond acceptors (Lipinski definition) is 4. The van der Waals surface area contributed by atoms with Gasteiger partial charge in [0.15, 0.2) is 0 Å². The molecule has 2 amide bonds. The first-order chi connectivity index (χ1) is 13.6. The van der Waals surface area contributed by atoms with Crippen LogP contribution >= 0.6 is 0 Å². The second kappa shape index (κ2) is 8.27. The highest BCUT2D eigenvalue weighted by Crippen LogP contribution is 2.22. The second-order valence-electron chi connectivity index (χ2n) is 8.64. The molecule has 1 aromatic heterocycles. The topological polar surface area (TPSA) is 76.5 Å². The van der Waals surface area contributed by atoms with Gasteiger partial charge in [0.2, 0.25) is 5.91 Å². The third-order valence-electron chi connectivity index (χ3n) is 4.81. The maximum absolute atomic E-state index is 12.8. The summed E-state index contributed by atoms with van der Waals surface area (Å²) in [6, 6.07) is 9.64. The molecule has 2 aromatic rings. The average Bonchev–Trinajstić information content (AvgIpc) is 2.99. The Hall–Kier alpha value is -2.83. The molecule has 1 fully saturated rings. The molecule has 0 bridgehead atoms. The van der Waals surface area contributed by atoms with Gasteiger partial charge in [-0.2, -0.15) is 5.10 Å². The van der Waals surface area contributed by atoms with Gasteiger partial charge in [-0.25, -0.2) is 9.48 Å². The van der Waals surface area contributed by atoms with E-state index in [1.54, 1.807) is 4.90 Å². The molecule has 0 unspecified atom stereocenters. The minimum absolute atomic E-state index is 0.0798. The summed E-state index contributed by atoms with van der Waals surface area (Å²) in [5.41, 5.74) is 3.05. The van der Waals surface area contributed by atoms with Gasteiger partial charge in [-0.1, -0.05) is 6.07 Å². The molecule has 1 atom stereocenters. The number of hydrogen-bond donors (Lipinski definition) is 1. The van der Waals surface area contributed by atoms with Gasteiger partial charge in [-0.15, -0.1) is 0 Å². The summed E-state index contributed by atoms with van der Waals surface area (Å²) in [5.74, 6) is -0.336. The first-order valence-electron chi connectivity index (χ1n) is 10.0. The number of aromatic nitrogens is 2. The highest BCUT2D eigenvalue weighted by molar-refractivity contribution is 5.93. The number of rotatable bonds is 3. The van der Waals surface area contributed by atoms with Crippen molar-refractivity contribution in [1.29, 1.82) is 0 Å². The number of amides is 2. The summed E-state index contributed by atoms with van der Waals surface area (Å²) in [4.78, 5) is 26.8. The summed E-state index contributed by atoms with van der Waals surface area (Å²) in [6.07, 6.45) is 1.17. The molecule has 7 heteroatoms. The van der Waals surface area contributed by atoms with Crippen molar-refractivity contribution < 1.29 is 14.3 Å². The molecule has 0 spiro atoms. The molecule has 7 nitrogen and oxygen atoms in total. The molecule has 1 saturated heterocycles. The lowest BCUT2D eigenvalue weighted by Crippen LogP contribution is -2.45. The predicted octanol–water partition coefficient (Wildman–Crippen LogP) is 4.07. The molecule has 1 aliphatic rings. The molecule has 1 N–H and O–H groups in total. The Morgan fingerprint density at radius 3 is 2.62 bits per heavy atom. The van der Waals surface area contributed by atoms with Crippen LogP contribution in [0.2, 0.25) is 0 Å². The Morgan fingerprint density at radius 1 is 1.21 bits per heavy atom. The number of nitrogens with one attached hydrogen (secondary N) is 1. The first-order valence-corrected chi connectivity index (χ1v) is 10.0. The van der Waals surface area contributed by atoms with Crippen molar-refractivity contribution in [2.45, 2.75) is 53.1 Å². The summed E-state index contributed by atoms with van der Waals surface area (Å²) < 4.78 is 7.30. The van der Waals surface area contributed by atoms with Crippen LogP contribution in [0.3, 0.4) is 0 Å². The third-order valence-corrected chi connectivity index (χ3v) is 4.81. The van der Waals surface area contributed by atoms with Crippen molar-refractivity contribution in [2.24, 2.45) is 5.92 Å². The van der Waals surface area contributed by atoms with Gasteiger partial charge in [-0.3, -0.25) is 4.79 Å². The van der Waals surface area contributed by atoms with Crippen LogP contribution in [-0.2, 0) is 9.53 Å². The van der Waals surface area contributed by atoms with E-state index >= 15 is 0 Å². The van der Waals surface area contributed by atoms with Crippen molar-refractivity contribution >= 4 is 17.7 Å². The van der Waals surface area contributed by atoms with Crippen LogP contribution in [0.5, 0.6) is 0 Å². The molecular formula is C22H30N4O3. The maximum Gasteiger partial charge on any atom is 0.410 e. The minimum Gasteiger partial charge on any atom is -0.444 e. The summed E-state index contributed by atoms with van der Waals surface area (Å²) in [5, 5.41) is 7.49. The standard InChI is InChI=1S/C22H30N4O3/c1-15-12-16(2)26(24-15)19-10-6-9-18(13-19)23-20(27)17-8-7-11-25(14-17)21(28)29-22(3,4)5/h6,9-10,12-13,17H,7-8,11,14H2,1-5H3,(H,23,27)/t17-/m1/s1. The van der Waals surface area contributed by atoms with Gasteiger partial charge in [-0.05, 0) is 71.7 Å².